The van der Waals surface area contributed by atoms with Crippen LogP contribution in [0.3, 0.4) is 0 Å². The molecule has 0 saturated heterocycles. The van der Waals surface area contributed by atoms with Crippen molar-refractivity contribution >= 4 is 38.6 Å². The molecule has 0 fully saturated rings. The molecule has 0 bridgehead atoms. The number of hydrogen-bond donors (Lipinski definition) is 2. The van der Waals surface area contributed by atoms with Gasteiger partial charge in [0, 0.05) is 16.6 Å². The smallest absolute Gasteiger partial charge is 0.229 e. The first-order valence-electron chi connectivity index (χ1n) is 8.18. The van der Waals surface area contributed by atoms with E-state index in [4.69, 9.17) is 0 Å². The summed E-state index contributed by atoms with van der Waals surface area (Å²) in [7, 11) is -3.42. The number of sulfonamides is 1. The molecule has 0 aliphatic heterocycles. The number of hydrogen-bond acceptors (Lipinski definition) is 5. The molecule has 0 aliphatic rings. The summed E-state index contributed by atoms with van der Waals surface area (Å²) < 4.78 is 25.4. The molecule has 2 N–H and O–H groups in total. The summed E-state index contributed by atoms with van der Waals surface area (Å²) in [5.74, 6) is -0.232. The third-order valence-corrected chi connectivity index (χ3v) is 5.09. The lowest BCUT2D eigenvalue weighted by atomic mass is 10.1. The first-order chi connectivity index (χ1) is 12.8. The van der Waals surface area contributed by atoms with Crippen LogP contribution in [0.25, 0.3) is 11.3 Å². The van der Waals surface area contributed by atoms with E-state index in [1.807, 2.05) is 30.5 Å². The molecule has 1 heterocycles. The second kappa shape index (κ2) is 7.89. The van der Waals surface area contributed by atoms with Crippen LogP contribution in [0.2, 0.25) is 0 Å². The van der Waals surface area contributed by atoms with Crippen molar-refractivity contribution in [3.63, 3.8) is 0 Å². The molecule has 0 saturated carbocycles. The van der Waals surface area contributed by atoms with Gasteiger partial charge in [-0.05, 0) is 30.7 Å². The quantitative estimate of drug-likeness (QED) is 0.660. The van der Waals surface area contributed by atoms with Crippen molar-refractivity contribution in [3.8, 4) is 11.3 Å². The predicted molar refractivity (Wildman–Crippen MR) is 110 cm³/mol. The fourth-order valence-electron chi connectivity index (χ4n) is 2.60. The van der Waals surface area contributed by atoms with Gasteiger partial charge in [-0.3, -0.25) is 9.52 Å². The Morgan fingerprint density at radius 1 is 1.15 bits per heavy atom. The molecule has 1 aromatic heterocycles. The van der Waals surface area contributed by atoms with Crippen LogP contribution in [0, 0.1) is 6.92 Å². The van der Waals surface area contributed by atoms with Crippen LogP contribution in [0.4, 0.5) is 11.4 Å². The first kappa shape index (κ1) is 19.1. The number of benzene rings is 2. The highest BCUT2D eigenvalue weighted by Crippen LogP contribution is 2.24. The monoisotopic (exact) mass is 401 g/mol. The normalized spacial score (nSPS) is 11.2. The van der Waals surface area contributed by atoms with E-state index in [0.717, 1.165) is 22.5 Å². The van der Waals surface area contributed by atoms with Crippen molar-refractivity contribution in [2.45, 2.75) is 13.3 Å². The Morgan fingerprint density at radius 2 is 1.93 bits per heavy atom. The molecule has 0 spiro atoms. The molecule has 0 aliphatic carbocycles. The first-order valence-corrected chi connectivity index (χ1v) is 11.0. The summed E-state index contributed by atoms with van der Waals surface area (Å²) in [5, 5.41) is 5.81. The Hall–Kier alpha value is -2.71. The molecule has 1 amide bonds. The minimum absolute atomic E-state index is 0.0543. The molecule has 140 valence electrons. The summed E-state index contributed by atoms with van der Waals surface area (Å²) in [4.78, 5) is 16.9. The third-order valence-electron chi connectivity index (χ3n) is 3.72. The average Bonchev–Trinajstić information content (AvgIpc) is 3.02. The highest BCUT2D eigenvalue weighted by Gasteiger charge is 2.11. The van der Waals surface area contributed by atoms with E-state index in [2.05, 4.69) is 15.0 Å². The summed E-state index contributed by atoms with van der Waals surface area (Å²) in [6.45, 7) is 1.95. The Balaban J connectivity index is 1.74. The fourth-order valence-corrected chi connectivity index (χ4v) is 3.82. The van der Waals surface area contributed by atoms with Crippen molar-refractivity contribution in [3.05, 3.63) is 64.5 Å². The fraction of sp³-hybridized carbons (Fsp3) is 0.158. The van der Waals surface area contributed by atoms with Crippen molar-refractivity contribution in [1.29, 1.82) is 0 Å². The highest BCUT2D eigenvalue weighted by molar-refractivity contribution is 7.92. The number of nitrogens with one attached hydrogen (secondary N) is 2. The second-order valence-electron chi connectivity index (χ2n) is 6.09. The van der Waals surface area contributed by atoms with Gasteiger partial charge in [0.15, 0.2) is 0 Å². The van der Waals surface area contributed by atoms with Crippen molar-refractivity contribution in [1.82, 2.24) is 4.98 Å². The molecular formula is C19H19N3O3S2. The van der Waals surface area contributed by atoms with Crippen LogP contribution < -0.4 is 10.0 Å². The topological polar surface area (TPSA) is 88.2 Å². The van der Waals surface area contributed by atoms with Gasteiger partial charge in [-0.25, -0.2) is 13.4 Å². The Kier molecular flexibility index (Phi) is 5.57. The van der Waals surface area contributed by atoms with E-state index in [1.165, 1.54) is 0 Å². The van der Waals surface area contributed by atoms with E-state index < -0.39 is 10.0 Å². The summed E-state index contributed by atoms with van der Waals surface area (Å²) in [6, 6.07) is 14.3. The standard InChI is InChI=1S/C19H19N3O3S2/c1-13-20-18(12-26-13)14-7-5-8-16(10-14)21-19(23)11-15-6-3-4-9-17(15)22-27(2,24)25/h3-10,12,22H,11H2,1-2H3,(H,21,23). The maximum Gasteiger partial charge on any atom is 0.229 e. The van der Waals surface area contributed by atoms with E-state index >= 15 is 0 Å². The number of thiazole rings is 1. The second-order valence-corrected chi connectivity index (χ2v) is 8.90. The van der Waals surface area contributed by atoms with Crippen LogP contribution in [-0.2, 0) is 21.2 Å². The molecule has 2 aromatic carbocycles. The van der Waals surface area contributed by atoms with E-state index in [0.29, 0.717) is 16.9 Å². The van der Waals surface area contributed by atoms with E-state index in [1.54, 1.807) is 41.7 Å². The van der Waals surface area contributed by atoms with Gasteiger partial charge >= 0.3 is 0 Å². The minimum atomic E-state index is -3.42. The molecule has 6 nitrogen and oxygen atoms in total. The molecule has 27 heavy (non-hydrogen) atoms. The summed E-state index contributed by atoms with van der Waals surface area (Å²) in [5.41, 5.74) is 3.47. The molecule has 3 rings (SSSR count). The molecule has 0 radical (unpaired) electrons. The number of amides is 1. The zero-order valence-electron chi connectivity index (χ0n) is 14.9. The molecule has 0 atom stereocenters. The van der Waals surface area contributed by atoms with Crippen molar-refractivity contribution < 1.29 is 13.2 Å². The number of aromatic nitrogens is 1. The summed E-state index contributed by atoms with van der Waals surface area (Å²) >= 11 is 1.57. The van der Waals surface area contributed by atoms with Gasteiger partial charge in [-0.15, -0.1) is 11.3 Å². The number of anilines is 2. The highest BCUT2D eigenvalue weighted by atomic mass is 32.2. The van der Waals surface area contributed by atoms with Crippen LogP contribution in [-0.4, -0.2) is 25.6 Å². The van der Waals surface area contributed by atoms with Crippen LogP contribution >= 0.6 is 11.3 Å². The lowest BCUT2D eigenvalue weighted by Crippen LogP contribution is -2.17. The maximum absolute atomic E-state index is 12.4. The Bertz CT molecular complexity index is 1080. The van der Waals surface area contributed by atoms with Crippen molar-refractivity contribution in [2.75, 3.05) is 16.3 Å². The number of carbonyl (C=O) groups is 1. The number of para-hydroxylation sites is 1. The molecule has 3 aromatic rings. The predicted octanol–water partition coefficient (Wildman–Crippen LogP) is 3.67. The van der Waals surface area contributed by atoms with Gasteiger partial charge < -0.3 is 5.32 Å². The third kappa shape index (κ3) is 5.38. The molecule has 0 unspecified atom stereocenters. The number of nitrogens with zero attached hydrogens (tertiary/aromatic N) is 1. The molecule has 8 heteroatoms. The minimum Gasteiger partial charge on any atom is -0.326 e. The Labute approximate surface area is 162 Å². The lowest BCUT2D eigenvalue weighted by molar-refractivity contribution is -0.115. The lowest BCUT2D eigenvalue weighted by Gasteiger charge is -2.11. The van der Waals surface area contributed by atoms with Gasteiger partial charge in [0.2, 0.25) is 15.9 Å². The van der Waals surface area contributed by atoms with Crippen LogP contribution in [0.15, 0.2) is 53.9 Å². The summed E-state index contributed by atoms with van der Waals surface area (Å²) in [6.07, 6.45) is 1.13. The van der Waals surface area contributed by atoms with Crippen LogP contribution in [0.1, 0.15) is 10.6 Å². The van der Waals surface area contributed by atoms with Gasteiger partial charge in [0.1, 0.15) is 0 Å². The number of rotatable bonds is 6. The van der Waals surface area contributed by atoms with Gasteiger partial charge in [0.25, 0.3) is 0 Å². The number of aryl methyl sites for hydroxylation is 1. The molecular weight excluding hydrogens is 382 g/mol. The van der Waals surface area contributed by atoms with Gasteiger partial charge in [-0.1, -0.05) is 30.3 Å². The largest absolute Gasteiger partial charge is 0.326 e. The van der Waals surface area contributed by atoms with Gasteiger partial charge in [0.05, 0.1) is 29.1 Å². The zero-order chi connectivity index (χ0) is 19.4. The number of carbonyl (C=O) groups excluding carboxylic acids is 1. The van der Waals surface area contributed by atoms with E-state index in [-0.39, 0.29) is 12.3 Å². The average molecular weight is 402 g/mol. The van der Waals surface area contributed by atoms with Crippen LogP contribution in [0.5, 0.6) is 0 Å². The Morgan fingerprint density at radius 3 is 2.63 bits per heavy atom. The zero-order valence-corrected chi connectivity index (χ0v) is 16.5. The van der Waals surface area contributed by atoms with E-state index in [9.17, 15) is 13.2 Å². The SMILES string of the molecule is Cc1nc(-c2cccc(NC(=O)Cc3ccccc3NS(C)(=O)=O)c2)cs1. The van der Waals surface area contributed by atoms with Gasteiger partial charge in [-0.2, -0.15) is 0 Å². The maximum atomic E-state index is 12.4. The van der Waals surface area contributed by atoms with Crippen molar-refractivity contribution in [2.24, 2.45) is 0 Å².